The lowest BCUT2D eigenvalue weighted by Gasteiger charge is -2.44. The number of morpholine rings is 1. The fraction of sp³-hybridized carbons (Fsp3) is 0.484. The summed E-state index contributed by atoms with van der Waals surface area (Å²) in [5.74, 6) is 1.53. The molecule has 1 aromatic heterocycles. The molecule has 2 fully saturated rings. The van der Waals surface area contributed by atoms with Crippen LogP contribution in [0.25, 0.3) is 11.1 Å². The Bertz CT molecular complexity index is 1290. The number of carbonyl (C=O) groups excluding carboxylic acids is 1. The zero-order valence-electron chi connectivity index (χ0n) is 22.9. The molecule has 39 heavy (non-hydrogen) atoms. The summed E-state index contributed by atoms with van der Waals surface area (Å²) in [5.41, 5.74) is 5.57. The van der Waals surface area contributed by atoms with E-state index in [0.717, 1.165) is 62.3 Å². The number of urea groups is 1. The van der Waals surface area contributed by atoms with E-state index in [1.165, 1.54) is 21.8 Å². The molecule has 0 unspecified atom stereocenters. The van der Waals surface area contributed by atoms with Gasteiger partial charge in [-0.1, -0.05) is 32.0 Å². The van der Waals surface area contributed by atoms with Crippen LogP contribution in [-0.4, -0.2) is 65.8 Å². The first-order chi connectivity index (χ1) is 19.0. The minimum absolute atomic E-state index is 0.0451. The van der Waals surface area contributed by atoms with E-state index in [9.17, 15) is 4.79 Å². The van der Waals surface area contributed by atoms with Crippen molar-refractivity contribution in [3.63, 3.8) is 0 Å². The summed E-state index contributed by atoms with van der Waals surface area (Å²) in [6.45, 7) is 9.92. The van der Waals surface area contributed by atoms with Crippen LogP contribution >= 0.6 is 11.3 Å². The Kier molecular flexibility index (Phi) is 7.60. The van der Waals surface area contributed by atoms with Crippen molar-refractivity contribution in [3.05, 3.63) is 64.1 Å². The maximum Gasteiger partial charge on any atom is 0.321 e. The molecule has 0 atom stereocenters. The molecule has 7 nitrogen and oxygen atoms in total. The van der Waals surface area contributed by atoms with Crippen LogP contribution in [0.4, 0.5) is 10.5 Å². The number of anilines is 1. The van der Waals surface area contributed by atoms with Gasteiger partial charge in [0, 0.05) is 49.7 Å². The Labute approximate surface area is 235 Å². The van der Waals surface area contributed by atoms with Gasteiger partial charge >= 0.3 is 6.03 Å². The fourth-order valence-corrected chi connectivity index (χ4v) is 6.60. The van der Waals surface area contributed by atoms with Crippen molar-refractivity contribution in [1.29, 1.82) is 0 Å². The molecular formula is C31H38N4O3S. The molecule has 1 N–H and O–H groups in total. The van der Waals surface area contributed by atoms with Gasteiger partial charge in [0.15, 0.2) is 0 Å². The predicted octanol–water partition coefficient (Wildman–Crippen LogP) is 6.16. The summed E-state index contributed by atoms with van der Waals surface area (Å²) >= 11 is 1.78. The van der Waals surface area contributed by atoms with Crippen LogP contribution in [0.5, 0.6) is 5.75 Å². The lowest BCUT2D eigenvalue weighted by molar-refractivity contribution is -0.0165. The summed E-state index contributed by atoms with van der Waals surface area (Å²) in [6, 6.07) is 14.6. The molecule has 206 valence electrons. The Balaban J connectivity index is 1.05. The number of hydrogen-bond acceptors (Lipinski definition) is 6. The number of fused-ring (bicyclic) bond motifs is 1. The highest BCUT2D eigenvalue weighted by molar-refractivity contribution is 7.09. The number of ether oxygens (including phenoxy) is 2. The average molecular weight is 547 g/mol. The SMILES string of the molecule is CC(C)c1nc(CN2CCC3(CCc4cc(-c5ccc(NC(=O)N6CCOCC6)cc5)ccc4O3)CC2)cs1. The van der Waals surface area contributed by atoms with Crippen LogP contribution < -0.4 is 10.1 Å². The molecule has 0 saturated carbocycles. The molecule has 0 radical (unpaired) electrons. The number of benzene rings is 2. The molecule has 6 rings (SSSR count). The second-order valence-corrected chi connectivity index (χ2v) is 12.2. The van der Waals surface area contributed by atoms with Gasteiger partial charge in [0.2, 0.25) is 0 Å². The van der Waals surface area contributed by atoms with E-state index >= 15 is 0 Å². The van der Waals surface area contributed by atoms with Crippen molar-refractivity contribution < 1.29 is 14.3 Å². The number of hydrogen-bond donors (Lipinski definition) is 1. The number of nitrogens with zero attached hydrogens (tertiary/aromatic N) is 3. The molecule has 3 aliphatic rings. The summed E-state index contributed by atoms with van der Waals surface area (Å²) in [7, 11) is 0. The van der Waals surface area contributed by atoms with Gasteiger partial charge < -0.3 is 19.7 Å². The Morgan fingerprint density at radius 2 is 1.77 bits per heavy atom. The Morgan fingerprint density at radius 1 is 1.03 bits per heavy atom. The van der Waals surface area contributed by atoms with E-state index in [2.05, 4.69) is 59.8 Å². The van der Waals surface area contributed by atoms with Crippen LogP contribution in [0.3, 0.4) is 0 Å². The molecule has 3 aliphatic heterocycles. The maximum absolute atomic E-state index is 12.5. The van der Waals surface area contributed by atoms with E-state index < -0.39 is 0 Å². The molecule has 3 aromatic rings. The van der Waals surface area contributed by atoms with Crippen LogP contribution in [0.2, 0.25) is 0 Å². The topological polar surface area (TPSA) is 66.9 Å². The summed E-state index contributed by atoms with van der Waals surface area (Å²) in [4.78, 5) is 21.6. The van der Waals surface area contributed by atoms with Crippen molar-refractivity contribution in [2.75, 3.05) is 44.7 Å². The van der Waals surface area contributed by atoms with E-state index in [1.807, 2.05) is 12.1 Å². The molecule has 8 heteroatoms. The molecule has 4 heterocycles. The smallest absolute Gasteiger partial charge is 0.321 e. The van der Waals surface area contributed by atoms with E-state index in [0.29, 0.717) is 32.2 Å². The molecule has 0 aliphatic carbocycles. The van der Waals surface area contributed by atoms with Crippen molar-refractivity contribution in [2.45, 2.75) is 57.6 Å². The van der Waals surface area contributed by atoms with E-state index in [1.54, 1.807) is 16.2 Å². The highest BCUT2D eigenvalue weighted by Crippen LogP contribution is 2.41. The summed E-state index contributed by atoms with van der Waals surface area (Å²) in [5, 5.41) is 6.45. The number of thiazole rings is 1. The number of aromatic nitrogens is 1. The summed E-state index contributed by atoms with van der Waals surface area (Å²) in [6.07, 6.45) is 4.23. The van der Waals surface area contributed by atoms with Gasteiger partial charge in [0.1, 0.15) is 11.4 Å². The minimum atomic E-state index is -0.0693. The van der Waals surface area contributed by atoms with E-state index in [4.69, 9.17) is 14.5 Å². The van der Waals surface area contributed by atoms with Crippen molar-refractivity contribution in [1.82, 2.24) is 14.8 Å². The number of piperidine rings is 1. The van der Waals surface area contributed by atoms with Gasteiger partial charge in [-0.2, -0.15) is 0 Å². The monoisotopic (exact) mass is 546 g/mol. The number of aryl methyl sites for hydroxylation is 1. The van der Waals surface area contributed by atoms with Crippen LogP contribution in [0, 0.1) is 0 Å². The molecule has 2 amide bonds. The first-order valence-corrected chi connectivity index (χ1v) is 15.1. The van der Waals surface area contributed by atoms with Gasteiger partial charge in [-0.3, -0.25) is 4.90 Å². The standard InChI is InChI=1S/C31H38N4O3S/c1-22(2)29-32-27(21-39-29)20-34-13-11-31(12-14-34)10-9-25-19-24(5-8-28(25)38-31)23-3-6-26(7-4-23)33-30(36)35-15-17-37-18-16-35/h3-8,19,21-22H,9-18,20H2,1-2H3,(H,33,36). The second-order valence-electron chi connectivity index (χ2n) is 11.3. The van der Waals surface area contributed by atoms with Gasteiger partial charge in [0.05, 0.1) is 23.9 Å². The quantitative estimate of drug-likeness (QED) is 0.415. The normalized spacial score (nSPS) is 19.1. The highest BCUT2D eigenvalue weighted by Gasteiger charge is 2.39. The van der Waals surface area contributed by atoms with Crippen molar-refractivity contribution >= 4 is 23.1 Å². The first-order valence-electron chi connectivity index (χ1n) is 14.2. The number of rotatable bonds is 5. The Morgan fingerprint density at radius 3 is 2.49 bits per heavy atom. The summed E-state index contributed by atoms with van der Waals surface area (Å²) < 4.78 is 12.0. The predicted molar refractivity (Wildman–Crippen MR) is 156 cm³/mol. The zero-order valence-corrected chi connectivity index (χ0v) is 23.8. The average Bonchev–Trinajstić information content (AvgIpc) is 3.44. The van der Waals surface area contributed by atoms with E-state index in [-0.39, 0.29) is 11.6 Å². The molecule has 1 spiro atoms. The van der Waals surface area contributed by atoms with Crippen molar-refractivity contribution in [2.24, 2.45) is 0 Å². The minimum Gasteiger partial charge on any atom is -0.487 e. The highest BCUT2D eigenvalue weighted by atomic mass is 32.1. The molecular weight excluding hydrogens is 508 g/mol. The number of likely N-dealkylation sites (tertiary alicyclic amines) is 1. The van der Waals surface area contributed by atoms with Gasteiger partial charge in [0.25, 0.3) is 0 Å². The maximum atomic E-state index is 12.5. The van der Waals surface area contributed by atoms with Gasteiger partial charge in [-0.15, -0.1) is 11.3 Å². The first kappa shape index (κ1) is 26.3. The lowest BCUT2D eigenvalue weighted by Crippen LogP contribution is -2.49. The second kappa shape index (κ2) is 11.3. The third-order valence-corrected chi connectivity index (χ3v) is 9.42. The van der Waals surface area contributed by atoms with Crippen LogP contribution in [0.15, 0.2) is 47.8 Å². The molecule has 2 aromatic carbocycles. The van der Waals surface area contributed by atoms with Crippen LogP contribution in [-0.2, 0) is 17.7 Å². The third kappa shape index (κ3) is 5.98. The zero-order chi connectivity index (χ0) is 26.8. The number of nitrogens with one attached hydrogen (secondary N) is 1. The molecule has 0 bridgehead atoms. The number of amides is 2. The lowest BCUT2D eigenvalue weighted by atomic mass is 9.82. The largest absolute Gasteiger partial charge is 0.487 e. The van der Waals surface area contributed by atoms with Crippen molar-refractivity contribution in [3.8, 4) is 16.9 Å². The molecule has 2 saturated heterocycles. The van der Waals surface area contributed by atoms with Gasteiger partial charge in [-0.05, 0) is 66.6 Å². The van der Waals surface area contributed by atoms with Crippen LogP contribution in [0.1, 0.15) is 55.3 Å². The fourth-order valence-electron chi connectivity index (χ4n) is 5.78. The number of carbonyl (C=O) groups is 1. The third-order valence-electron chi connectivity index (χ3n) is 8.22. The van der Waals surface area contributed by atoms with Gasteiger partial charge in [-0.25, -0.2) is 9.78 Å². The Hall–Kier alpha value is -2.94.